The zero-order valence-corrected chi connectivity index (χ0v) is 17.5. The maximum atomic E-state index is 12.9. The first kappa shape index (κ1) is 20.6. The van der Waals surface area contributed by atoms with E-state index in [0.717, 1.165) is 50.5 Å². The molecule has 2 fully saturated rings. The highest BCUT2D eigenvalue weighted by atomic mass is 16.6. The molecule has 0 saturated carbocycles. The van der Waals surface area contributed by atoms with Crippen molar-refractivity contribution in [3.8, 4) is 0 Å². The first-order chi connectivity index (χ1) is 14.7. The van der Waals surface area contributed by atoms with E-state index in [9.17, 15) is 9.59 Å². The van der Waals surface area contributed by atoms with E-state index in [0.29, 0.717) is 18.8 Å². The van der Waals surface area contributed by atoms with Crippen LogP contribution in [-0.4, -0.2) is 28.9 Å². The normalized spacial score (nSPS) is 23.1. The number of Topliss-reactive ketones (excluding diaryl/α,β-unsaturated/α-hetero) is 1. The van der Waals surface area contributed by atoms with Crippen LogP contribution in [0.2, 0.25) is 0 Å². The Morgan fingerprint density at radius 3 is 2.10 bits per heavy atom. The monoisotopic (exact) mass is 405 g/mol. The number of rotatable bonds is 7. The van der Waals surface area contributed by atoms with E-state index < -0.39 is 0 Å². The lowest BCUT2D eigenvalue weighted by atomic mass is 9.76. The number of carbonyl (C=O) groups is 2. The molecule has 4 nitrogen and oxygen atoms in total. The van der Waals surface area contributed by atoms with Crippen LogP contribution in [0.3, 0.4) is 0 Å². The number of carbonyl (C=O) groups excluding carboxylic acids is 2. The number of hydrogen-bond donors (Lipinski definition) is 0. The van der Waals surface area contributed by atoms with Crippen LogP contribution in [0.1, 0.15) is 56.1 Å². The zero-order chi connectivity index (χ0) is 20.8. The number of nitrogens with zero attached hydrogens (tertiary/aromatic N) is 1. The lowest BCUT2D eigenvalue weighted by molar-refractivity contribution is -0.126. The highest BCUT2D eigenvalue weighted by Gasteiger charge is 2.43. The summed E-state index contributed by atoms with van der Waals surface area (Å²) in [7, 11) is 0. The van der Waals surface area contributed by atoms with Gasteiger partial charge in [-0.05, 0) is 56.1 Å². The van der Waals surface area contributed by atoms with Crippen molar-refractivity contribution in [2.75, 3.05) is 0 Å². The van der Waals surface area contributed by atoms with Crippen LogP contribution in [0, 0.1) is 5.92 Å². The molecule has 2 saturated heterocycles. The fourth-order valence-electron chi connectivity index (χ4n) is 5.05. The molecular weight excluding hydrogens is 374 g/mol. The van der Waals surface area contributed by atoms with Gasteiger partial charge in [-0.2, -0.15) is 0 Å². The van der Waals surface area contributed by atoms with Crippen LogP contribution < -0.4 is 0 Å². The van der Waals surface area contributed by atoms with Crippen LogP contribution in [0.25, 0.3) is 0 Å². The third kappa shape index (κ3) is 5.10. The molecule has 0 spiro atoms. The van der Waals surface area contributed by atoms with Gasteiger partial charge in [-0.1, -0.05) is 60.7 Å². The van der Waals surface area contributed by atoms with Crippen LogP contribution in [0.4, 0.5) is 4.79 Å². The minimum Gasteiger partial charge on any atom is -0.445 e. The lowest BCUT2D eigenvalue weighted by Crippen LogP contribution is -2.55. The highest BCUT2D eigenvalue weighted by molar-refractivity contribution is 5.81. The van der Waals surface area contributed by atoms with Gasteiger partial charge in [0.15, 0.2) is 0 Å². The zero-order valence-electron chi connectivity index (χ0n) is 17.5. The molecule has 0 aromatic heterocycles. The van der Waals surface area contributed by atoms with Gasteiger partial charge in [0, 0.05) is 24.4 Å². The molecule has 158 valence electrons. The molecule has 0 aliphatic carbocycles. The van der Waals surface area contributed by atoms with Crippen LogP contribution in [0.5, 0.6) is 0 Å². The second kappa shape index (κ2) is 9.92. The summed E-state index contributed by atoms with van der Waals surface area (Å²) < 4.78 is 5.62. The summed E-state index contributed by atoms with van der Waals surface area (Å²) >= 11 is 0. The van der Waals surface area contributed by atoms with Crippen molar-refractivity contribution in [3.05, 3.63) is 71.8 Å². The highest BCUT2D eigenvalue weighted by Crippen LogP contribution is 2.38. The Morgan fingerprint density at radius 1 is 0.867 bits per heavy atom. The van der Waals surface area contributed by atoms with Gasteiger partial charge in [-0.3, -0.25) is 4.79 Å². The summed E-state index contributed by atoms with van der Waals surface area (Å²) in [4.78, 5) is 27.6. The van der Waals surface area contributed by atoms with Crippen molar-refractivity contribution in [2.24, 2.45) is 5.92 Å². The minimum absolute atomic E-state index is 0.0919. The third-order valence-electron chi connectivity index (χ3n) is 6.58. The molecule has 4 rings (SSSR count). The molecule has 0 radical (unpaired) electrons. The molecule has 2 unspecified atom stereocenters. The SMILES string of the molecule is O=C(CCCc1ccccc1)C1CC2CCCC(C1)N2C(=O)OCc1ccccc1. The van der Waals surface area contributed by atoms with Crippen molar-refractivity contribution in [2.45, 2.75) is 70.1 Å². The fourth-order valence-corrected chi connectivity index (χ4v) is 5.05. The summed E-state index contributed by atoms with van der Waals surface area (Å²) in [6.07, 6.45) is 6.94. The lowest BCUT2D eigenvalue weighted by Gasteiger charge is -2.47. The molecule has 4 heteroatoms. The molecule has 1 amide bonds. The van der Waals surface area contributed by atoms with Crippen molar-refractivity contribution >= 4 is 11.9 Å². The predicted molar refractivity (Wildman–Crippen MR) is 117 cm³/mol. The van der Waals surface area contributed by atoms with Gasteiger partial charge in [-0.15, -0.1) is 0 Å². The van der Waals surface area contributed by atoms with Gasteiger partial charge in [-0.25, -0.2) is 4.79 Å². The summed E-state index contributed by atoms with van der Waals surface area (Å²) in [5, 5.41) is 0. The van der Waals surface area contributed by atoms with Crippen LogP contribution in [0.15, 0.2) is 60.7 Å². The standard InChI is InChI=1S/C26H31NO3/c28-25(16-7-13-20-9-3-1-4-10-20)22-17-23-14-8-15-24(18-22)27(23)26(29)30-19-21-11-5-2-6-12-21/h1-6,9-12,22-24H,7-8,13-19H2. The maximum Gasteiger partial charge on any atom is 0.410 e. The summed E-state index contributed by atoms with van der Waals surface area (Å²) in [6.45, 7) is 0.303. The predicted octanol–water partition coefficient (Wildman–Crippen LogP) is 5.55. The Balaban J connectivity index is 1.29. The van der Waals surface area contributed by atoms with E-state index in [2.05, 4.69) is 12.1 Å². The largest absolute Gasteiger partial charge is 0.445 e. The topological polar surface area (TPSA) is 46.6 Å². The van der Waals surface area contributed by atoms with E-state index in [4.69, 9.17) is 4.74 Å². The minimum atomic E-state index is -0.219. The maximum absolute atomic E-state index is 12.9. The molecular formula is C26H31NO3. The molecule has 30 heavy (non-hydrogen) atoms. The molecule has 2 aromatic rings. The Bertz CT molecular complexity index is 822. The molecule has 2 aromatic carbocycles. The summed E-state index contributed by atoms with van der Waals surface area (Å²) in [6, 6.07) is 20.4. The molecule has 2 bridgehead atoms. The first-order valence-electron chi connectivity index (χ1n) is 11.3. The number of piperidine rings is 2. The average molecular weight is 406 g/mol. The smallest absolute Gasteiger partial charge is 0.410 e. The Hall–Kier alpha value is -2.62. The van der Waals surface area contributed by atoms with Gasteiger partial charge >= 0.3 is 6.09 Å². The second-order valence-electron chi connectivity index (χ2n) is 8.66. The van der Waals surface area contributed by atoms with Crippen LogP contribution in [-0.2, 0) is 22.6 Å². The van der Waals surface area contributed by atoms with Crippen LogP contribution >= 0.6 is 0 Å². The van der Waals surface area contributed by atoms with Crippen molar-refractivity contribution in [1.29, 1.82) is 0 Å². The van der Waals surface area contributed by atoms with E-state index in [1.165, 1.54) is 5.56 Å². The molecule has 2 atom stereocenters. The van der Waals surface area contributed by atoms with Crippen molar-refractivity contribution < 1.29 is 14.3 Å². The van der Waals surface area contributed by atoms with Crippen molar-refractivity contribution in [3.63, 3.8) is 0 Å². The number of aryl methyl sites for hydroxylation is 1. The van der Waals surface area contributed by atoms with Gasteiger partial charge < -0.3 is 9.64 Å². The van der Waals surface area contributed by atoms with Gasteiger partial charge in [0.05, 0.1) is 0 Å². The number of ether oxygens (including phenoxy) is 1. The third-order valence-corrected chi connectivity index (χ3v) is 6.58. The number of benzene rings is 2. The molecule has 2 aliphatic heterocycles. The van der Waals surface area contributed by atoms with E-state index >= 15 is 0 Å². The fraction of sp³-hybridized carbons (Fsp3) is 0.462. The van der Waals surface area contributed by atoms with Gasteiger partial charge in [0.1, 0.15) is 12.4 Å². The van der Waals surface area contributed by atoms with E-state index in [1.807, 2.05) is 53.4 Å². The van der Waals surface area contributed by atoms with Gasteiger partial charge in [0.2, 0.25) is 0 Å². The molecule has 2 heterocycles. The van der Waals surface area contributed by atoms with E-state index in [-0.39, 0.29) is 24.1 Å². The van der Waals surface area contributed by atoms with Crippen molar-refractivity contribution in [1.82, 2.24) is 4.90 Å². The first-order valence-corrected chi connectivity index (χ1v) is 11.3. The number of amides is 1. The molecule has 2 aliphatic rings. The Morgan fingerprint density at radius 2 is 1.47 bits per heavy atom. The summed E-state index contributed by atoms with van der Waals surface area (Å²) in [5.74, 6) is 0.467. The quantitative estimate of drug-likeness (QED) is 0.607. The number of ketones is 1. The Kier molecular flexibility index (Phi) is 6.83. The Labute approximate surface area is 179 Å². The number of fused-ring (bicyclic) bond motifs is 2. The average Bonchev–Trinajstić information content (AvgIpc) is 2.78. The summed E-state index contributed by atoms with van der Waals surface area (Å²) in [5.41, 5.74) is 2.29. The van der Waals surface area contributed by atoms with Gasteiger partial charge in [0.25, 0.3) is 0 Å². The number of hydrogen-bond acceptors (Lipinski definition) is 3. The molecule has 0 N–H and O–H groups in total. The second-order valence-corrected chi connectivity index (χ2v) is 8.66. The van der Waals surface area contributed by atoms with E-state index in [1.54, 1.807) is 0 Å².